The Morgan fingerprint density at radius 2 is 1.78 bits per heavy atom. The van der Waals surface area contributed by atoms with Gasteiger partial charge >= 0.3 is 0 Å². The molecule has 5 nitrogen and oxygen atoms in total. The number of hydrogen-bond donors (Lipinski definition) is 1. The smallest absolute Gasteiger partial charge is 0.230 e. The van der Waals surface area contributed by atoms with Gasteiger partial charge in [0.25, 0.3) is 0 Å². The predicted molar refractivity (Wildman–Crippen MR) is 102 cm³/mol. The number of rotatable bonds is 4. The van der Waals surface area contributed by atoms with Gasteiger partial charge in [-0.25, -0.2) is 4.39 Å². The summed E-state index contributed by atoms with van der Waals surface area (Å²) in [7, 11) is 0. The monoisotopic (exact) mass is 362 g/mol. The maximum Gasteiger partial charge on any atom is 0.230 e. The maximum atomic E-state index is 13.6. The van der Waals surface area contributed by atoms with Crippen molar-refractivity contribution >= 4 is 17.5 Å². The standard InChI is InChI=1S/C21H19FN4O/c22-18-8-4-3-6-16(18)13-21(27)23-19-9-10-20(25-24-19)26-12-11-15-5-1-2-7-17(15)14-26/h1-10H,11-14H2,(H,23,24,27). The van der Waals surface area contributed by atoms with E-state index in [2.05, 4.69) is 38.6 Å². The van der Waals surface area contributed by atoms with Crippen molar-refractivity contribution in [3.05, 3.63) is 83.2 Å². The average molecular weight is 362 g/mol. The second kappa shape index (κ2) is 7.53. The molecule has 0 atom stereocenters. The Labute approximate surface area is 156 Å². The summed E-state index contributed by atoms with van der Waals surface area (Å²) in [4.78, 5) is 14.3. The van der Waals surface area contributed by atoms with Gasteiger partial charge in [0.05, 0.1) is 6.42 Å². The number of hydrogen-bond acceptors (Lipinski definition) is 4. The minimum absolute atomic E-state index is 0.0426. The highest BCUT2D eigenvalue weighted by molar-refractivity contribution is 5.91. The molecule has 27 heavy (non-hydrogen) atoms. The van der Waals surface area contributed by atoms with Crippen LogP contribution >= 0.6 is 0 Å². The number of carbonyl (C=O) groups is 1. The van der Waals surface area contributed by atoms with E-state index in [4.69, 9.17) is 0 Å². The number of benzene rings is 2. The van der Waals surface area contributed by atoms with Crippen molar-refractivity contribution in [2.45, 2.75) is 19.4 Å². The number of aromatic nitrogens is 2. The summed E-state index contributed by atoms with van der Waals surface area (Å²) in [5, 5.41) is 11.0. The molecule has 1 aliphatic rings. The highest BCUT2D eigenvalue weighted by Gasteiger charge is 2.17. The third kappa shape index (κ3) is 3.95. The molecule has 0 bridgehead atoms. The van der Waals surface area contributed by atoms with Gasteiger partial charge in [0.1, 0.15) is 5.82 Å². The zero-order valence-electron chi connectivity index (χ0n) is 14.7. The largest absolute Gasteiger partial charge is 0.350 e. The lowest BCUT2D eigenvalue weighted by atomic mass is 10.00. The zero-order chi connectivity index (χ0) is 18.6. The third-order valence-corrected chi connectivity index (χ3v) is 4.68. The molecule has 1 N–H and O–H groups in total. The van der Waals surface area contributed by atoms with Crippen LogP contribution in [0.15, 0.2) is 60.7 Å². The number of anilines is 2. The molecular formula is C21H19FN4O. The van der Waals surface area contributed by atoms with Crippen molar-refractivity contribution < 1.29 is 9.18 Å². The quantitative estimate of drug-likeness (QED) is 0.773. The summed E-state index contributed by atoms with van der Waals surface area (Å²) in [5.41, 5.74) is 3.03. The van der Waals surface area contributed by atoms with Crippen LogP contribution in [0.5, 0.6) is 0 Å². The summed E-state index contributed by atoms with van der Waals surface area (Å²) < 4.78 is 13.6. The molecule has 0 radical (unpaired) electrons. The molecule has 136 valence electrons. The minimum atomic E-state index is -0.389. The molecule has 3 aromatic rings. The fourth-order valence-electron chi connectivity index (χ4n) is 3.25. The normalized spacial score (nSPS) is 13.1. The molecule has 6 heteroatoms. The summed E-state index contributed by atoms with van der Waals surface area (Å²) in [6.07, 6.45) is 0.929. The lowest BCUT2D eigenvalue weighted by molar-refractivity contribution is -0.115. The van der Waals surface area contributed by atoms with E-state index < -0.39 is 0 Å². The molecule has 0 unspecified atom stereocenters. The first-order chi connectivity index (χ1) is 13.2. The first-order valence-corrected chi connectivity index (χ1v) is 8.88. The Hall–Kier alpha value is -3.28. The molecule has 1 aromatic heterocycles. The highest BCUT2D eigenvalue weighted by atomic mass is 19.1. The van der Waals surface area contributed by atoms with Gasteiger partial charge in [-0.3, -0.25) is 4.79 Å². The molecule has 2 heterocycles. The first kappa shape index (κ1) is 17.1. The van der Waals surface area contributed by atoms with Crippen LogP contribution in [-0.2, 0) is 24.2 Å². The molecule has 2 aromatic carbocycles. The molecular weight excluding hydrogens is 343 g/mol. The Morgan fingerprint density at radius 3 is 2.56 bits per heavy atom. The number of halogens is 1. The lowest BCUT2D eigenvalue weighted by Gasteiger charge is -2.29. The van der Waals surface area contributed by atoms with Crippen LogP contribution in [0.25, 0.3) is 0 Å². The van der Waals surface area contributed by atoms with Gasteiger partial charge in [0.2, 0.25) is 5.91 Å². The summed E-state index contributed by atoms with van der Waals surface area (Å²) in [6, 6.07) is 18.2. The Bertz CT molecular complexity index is 958. The van der Waals surface area contributed by atoms with Gasteiger partial charge in [-0.2, -0.15) is 0 Å². The first-order valence-electron chi connectivity index (χ1n) is 8.88. The second-order valence-corrected chi connectivity index (χ2v) is 6.53. The van der Waals surface area contributed by atoms with Crippen LogP contribution in [-0.4, -0.2) is 22.6 Å². The number of fused-ring (bicyclic) bond motifs is 1. The lowest BCUT2D eigenvalue weighted by Crippen LogP contribution is -2.31. The SMILES string of the molecule is O=C(Cc1ccccc1F)Nc1ccc(N2CCc3ccccc3C2)nn1. The second-order valence-electron chi connectivity index (χ2n) is 6.53. The van der Waals surface area contributed by atoms with E-state index in [1.165, 1.54) is 17.2 Å². The molecule has 1 amide bonds. The number of amides is 1. The van der Waals surface area contributed by atoms with Crippen molar-refractivity contribution in [2.24, 2.45) is 0 Å². The summed E-state index contributed by atoms with van der Waals surface area (Å²) >= 11 is 0. The molecule has 0 saturated carbocycles. The van der Waals surface area contributed by atoms with Crippen molar-refractivity contribution in [1.82, 2.24) is 10.2 Å². The van der Waals surface area contributed by atoms with Gasteiger partial charge in [-0.1, -0.05) is 42.5 Å². The third-order valence-electron chi connectivity index (χ3n) is 4.68. The van der Waals surface area contributed by atoms with Gasteiger partial charge in [-0.05, 0) is 41.3 Å². The fraction of sp³-hybridized carbons (Fsp3) is 0.190. The van der Waals surface area contributed by atoms with Gasteiger partial charge in [0.15, 0.2) is 11.6 Å². The highest BCUT2D eigenvalue weighted by Crippen LogP contribution is 2.23. The van der Waals surface area contributed by atoms with E-state index in [1.54, 1.807) is 24.3 Å². The fourth-order valence-corrected chi connectivity index (χ4v) is 3.25. The molecule has 0 spiro atoms. The van der Waals surface area contributed by atoms with E-state index in [-0.39, 0.29) is 18.1 Å². The Balaban J connectivity index is 1.39. The molecule has 0 saturated heterocycles. The number of nitrogens with zero attached hydrogens (tertiary/aromatic N) is 3. The topological polar surface area (TPSA) is 58.1 Å². The molecule has 0 aliphatic carbocycles. The molecule has 0 fully saturated rings. The van der Waals surface area contributed by atoms with Crippen LogP contribution in [0.2, 0.25) is 0 Å². The van der Waals surface area contributed by atoms with Crippen molar-refractivity contribution in [3.63, 3.8) is 0 Å². The maximum absolute atomic E-state index is 13.6. The van der Waals surface area contributed by atoms with Crippen LogP contribution in [0, 0.1) is 5.82 Å². The van der Waals surface area contributed by atoms with Crippen molar-refractivity contribution in [3.8, 4) is 0 Å². The van der Waals surface area contributed by atoms with Crippen LogP contribution in [0.3, 0.4) is 0 Å². The van der Waals surface area contributed by atoms with Crippen LogP contribution in [0.4, 0.5) is 16.0 Å². The van der Waals surface area contributed by atoms with Crippen LogP contribution < -0.4 is 10.2 Å². The average Bonchev–Trinajstić information content (AvgIpc) is 2.70. The van der Waals surface area contributed by atoms with Crippen molar-refractivity contribution in [2.75, 3.05) is 16.8 Å². The summed E-state index contributed by atoms with van der Waals surface area (Å²) in [5.74, 6) is 0.419. The van der Waals surface area contributed by atoms with Gasteiger partial charge in [0, 0.05) is 13.1 Å². The molecule has 1 aliphatic heterocycles. The van der Waals surface area contributed by atoms with E-state index in [9.17, 15) is 9.18 Å². The Kier molecular flexibility index (Phi) is 4.78. The minimum Gasteiger partial charge on any atom is -0.350 e. The van der Waals surface area contributed by atoms with E-state index in [0.29, 0.717) is 11.4 Å². The number of carbonyl (C=O) groups excluding carboxylic acids is 1. The Morgan fingerprint density at radius 1 is 1.00 bits per heavy atom. The van der Waals surface area contributed by atoms with Gasteiger partial charge < -0.3 is 10.2 Å². The van der Waals surface area contributed by atoms with E-state index >= 15 is 0 Å². The van der Waals surface area contributed by atoms with E-state index in [1.807, 2.05) is 12.1 Å². The summed E-state index contributed by atoms with van der Waals surface area (Å²) in [6.45, 7) is 1.68. The predicted octanol–water partition coefficient (Wildman–Crippen LogP) is 3.36. The zero-order valence-corrected chi connectivity index (χ0v) is 14.7. The van der Waals surface area contributed by atoms with Gasteiger partial charge in [-0.15, -0.1) is 10.2 Å². The number of nitrogens with one attached hydrogen (secondary N) is 1. The van der Waals surface area contributed by atoms with Crippen LogP contribution in [0.1, 0.15) is 16.7 Å². The van der Waals surface area contributed by atoms with Crippen molar-refractivity contribution in [1.29, 1.82) is 0 Å². The molecule has 4 rings (SSSR count). The van der Waals surface area contributed by atoms with E-state index in [0.717, 1.165) is 25.3 Å².